The van der Waals surface area contributed by atoms with Gasteiger partial charge >= 0.3 is 12.1 Å². The number of amides is 2. The molecule has 2 saturated carbocycles. The minimum absolute atomic E-state index is 0.0578. The number of hydrogen-bond donors (Lipinski definition) is 2. The zero-order valence-electron chi connectivity index (χ0n) is 25.2. The maximum Gasteiger partial charge on any atom is 0.408 e. The van der Waals surface area contributed by atoms with Crippen molar-refractivity contribution in [2.24, 2.45) is 17.3 Å². The third kappa shape index (κ3) is 5.95. The quantitative estimate of drug-likeness (QED) is 0.526. The molecule has 11 nitrogen and oxygen atoms in total. The molecule has 232 valence electrons. The molecule has 1 saturated heterocycles. The fourth-order valence-electron chi connectivity index (χ4n) is 7.28. The van der Waals surface area contributed by atoms with Gasteiger partial charge in [0.15, 0.2) is 0 Å². The number of benzene rings is 1. The summed E-state index contributed by atoms with van der Waals surface area (Å²) in [5.74, 6) is -0.710. The number of fused-ring (bicyclic) bond motifs is 5. The van der Waals surface area contributed by atoms with Gasteiger partial charge in [-0.25, -0.2) is 19.6 Å². The van der Waals surface area contributed by atoms with E-state index in [1.54, 1.807) is 20.1 Å². The summed E-state index contributed by atoms with van der Waals surface area (Å²) in [6.07, 6.45) is 7.37. The molecule has 3 heterocycles. The van der Waals surface area contributed by atoms with E-state index in [0.29, 0.717) is 29.5 Å². The topological polar surface area (TPSA) is 140 Å². The van der Waals surface area contributed by atoms with Gasteiger partial charge in [-0.05, 0) is 62.0 Å². The fourth-order valence-corrected chi connectivity index (χ4v) is 7.28. The standard InChI is InChI=1S/C32H42N4O7/c1-18-25-17-36(26(18)30(38)39)29(37)27(32(2)13-7-8-14-32)35-31(40)43-24-15-19(24)9-5-4-6-10-22-28(42-25)34-23-16-20(41-3)11-12-21(23)33-22/h11-12,16,18-19,24-27H,4-10,13-15,17H2,1-3H3,(H,35,40)(H,38,39)/t18-,19-,24-,25+,26+,27-/m1/s1. The molecule has 0 radical (unpaired) electrons. The van der Waals surface area contributed by atoms with Gasteiger partial charge in [0, 0.05) is 12.0 Å². The van der Waals surface area contributed by atoms with Gasteiger partial charge in [0.25, 0.3) is 0 Å². The number of aryl methyl sites for hydroxylation is 1. The third-order valence-corrected chi connectivity index (χ3v) is 10.1. The minimum atomic E-state index is -1.12. The van der Waals surface area contributed by atoms with Gasteiger partial charge in [-0.3, -0.25) is 4.79 Å². The molecule has 0 unspecified atom stereocenters. The normalized spacial score (nSPS) is 31.1. The Labute approximate surface area is 251 Å². The van der Waals surface area contributed by atoms with Crippen LogP contribution in [-0.2, 0) is 20.7 Å². The Morgan fingerprint density at radius 3 is 2.60 bits per heavy atom. The number of aromatic nitrogens is 2. The van der Waals surface area contributed by atoms with E-state index in [1.807, 2.05) is 19.1 Å². The van der Waals surface area contributed by atoms with Gasteiger partial charge in [0.2, 0.25) is 11.8 Å². The van der Waals surface area contributed by atoms with Crippen LogP contribution in [0.3, 0.4) is 0 Å². The lowest BCUT2D eigenvalue weighted by Crippen LogP contribution is -2.58. The van der Waals surface area contributed by atoms with E-state index in [1.165, 1.54) is 4.90 Å². The summed E-state index contributed by atoms with van der Waals surface area (Å²) < 4.78 is 17.6. The first-order chi connectivity index (χ1) is 20.7. The molecular formula is C32H42N4O7. The SMILES string of the molecule is COc1ccc2nc3c(nc2c1)O[C@H]1CN(C(=O)[C@H](C2(C)CCCC2)NC(=O)O[C@@H]2C[C@H]2CCCCC3)[C@H](C(=O)O)[C@@H]1C. The first kappa shape index (κ1) is 29.4. The van der Waals surface area contributed by atoms with Crippen LogP contribution in [0.15, 0.2) is 18.2 Å². The van der Waals surface area contributed by atoms with Crippen molar-refractivity contribution in [2.75, 3.05) is 13.7 Å². The van der Waals surface area contributed by atoms with E-state index >= 15 is 0 Å². The number of carboxylic acids is 1. The molecule has 6 atom stereocenters. The highest BCUT2D eigenvalue weighted by molar-refractivity contribution is 5.91. The van der Waals surface area contributed by atoms with Gasteiger partial charge < -0.3 is 29.5 Å². The number of nitrogens with zero attached hydrogens (tertiary/aromatic N) is 3. The predicted octanol–water partition coefficient (Wildman–Crippen LogP) is 4.50. The van der Waals surface area contributed by atoms with Crippen LogP contribution in [-0.4, -0.2) is 75.9 Å². The van der Waals surface area contributed by atoms with E-state index in [9.17, 15) is 19.5 Å². The number of carbonyl (C=O) groups excluding carboxylic acids is 2. The lowest BCUT2D eigenvalue weighted by molar-refractivity contribution is -0.151. The van der Waals surface area contributed by atoms with Crippen molar-refractivity contribution >= 4 is 29.0 Å². The van der Waals surface area contributed by atoms with Crippen LogP contribution in [0.25, 0.3) is 11.0 Å². The average molecular weight is 595 g/mol. The van der Waals surface area contributed by atoms with Crippen LogP contribution in [0.5, 0.6) is 11.6 Å². The number of aliphatic carboxylic acids is 1. The van der Waals surface area contributed by atoms with Crippen molar-refractivity contribution in [3.8, 4) is 11.6 Å². The lowest BCUT2D eigenvalue weighted by atomic mass is 9.79. The molecule has 4 aliphatic rings. The summed E-state index contributed by atoms with van der Waals surface area (Å²) in [6.45, 7) is 3.85. The summed E-state index contributed by atoms with van der Waals surface area (Å²) in [6, 6.07) is 3.51. The van der Waals surface area contributed by atoms with E-state index in [-0.39, 0.29) is 12.6 Å². The Balaban J connectivity index is 1.36. The summed E-state index contributed by atoms with van der Waals surface area (Å²) >= 11 is 0. The van der Waals surface area contributed by atoms with Crippen molar-refractivity contribution in [1.82, 2.24) is 20.2 Å². The molecule has 2 aliphatic carbocycles. The van der Waals surface area contributed by atoms with Gasteiger partial charge in [-0.15, -0.1) is 0 Å². The highest BCUT2D eigenvalue weighted by Crippen LogP contribution is 2.43. The molecule has 11 heteroatoms. The summed E-state index contributed by atoms with van der Waals surface area (Å²) in [4.78, 5) is 51.1. The Morgan fingerprint density at radius 1 is 1.07 bits per heavy atom. The summed E-state index contributed by atoms with van der Waals surface area (Å²) in [5.41, 5.74) is 1.57. The number of carboxylic acid groups (broad SMARTS) is 1. The molecule has 2 aromatic rings. The number of alkyl carbamates (subject to hydrolysis) is 1. The van der Waals surface area contributed by atoms with Crippen molar-refractivity contribution in [3.63, 3.8) is 0 Å². The van der Waals surface area contributed by atoms with Gasteiger partial charge in [0.05, 0.1) is 24.7 Å². The van der Waals surface area contributed by atoms with Gasteiger partial charge in [0.1, 0.15) is 35.7 Å². The number of methoxy groups -OCH3 is 1. The van der Waals surface area contributed by atoms with Crippen molar-refractivity contribution in [2.45, 2.75) is 102 Å². The molecule has 43 heavy (non-hydrogen) atoms. The van der Waals surface area contributed by atoms with Crippen LogP contribution in [0.4, 0.5) is 4.79 Å². The predicted molar refractivity (Wildman–Crippen MR) is 157 cm³/mol. The second kappa shape index (κ2) is 11.8. The molecule has 2 bridgehead atoms. The number of nitrogens with one attached hydrogen (secondary N) is 1. The van der Waals surface area contributed by atoms with Crippen LogP contribution in [0.1, 0.15) is 77.3 Å². The summed E-state index contributed by atoms with van der Waals surface area (Å²) in [7, 11) is 1.59. The van der Waals surface area contributed by atoms with E-state index < -0.39 is 47.5 Å². The first-order valence-corrected chi connectivity index (χ1v) is 15.7. The highest BCUT2D eigenvalue weighted by Gasteiger charge is 2.52. The lowest BCUT2D eigenvalue weighted by Gasteiger charge is -2.37. The van der Waals surface area contributed by atoms with Crippen molar-refractivity contribution in [1.29, 1.82) is 0 Å². The van der Waals surface area contributed by atoms with E-state index in [0.717, 1.165) is 69.0 Å². The first-order valence-electron chi connectivity index (χ1n) is 15.7. The number of hydrogen-bond acceptors (Lipinski definition) is 8. The molecular weight excluding hydrogens is 552 g/mol. The Hall–Kier alpha value is -3.63. The second-order valence-corrected chi connectivity index (χ2v) is 13.1. The largest absolute Gasteiger partial charge is 0.497 e. The van der Waals surface area contributed by atoms with Crippen LogP contribution >= 0.6 is 0 Å². The van der Waals surface area contributed by atoms with Gasteiger partial charge in [-0.1, -0.05) is 39.5 Å². The second-order valence-electron chi connectivity index (χ2n) is 13.1. The zero-order valence-corrected chi connectivity index (χ0v) is 25.2. The maximum absolute atomic E-state index is 14.3. The Morgan fingerprint density at radius 2 is 1.86 bits per heavy atom. The molecule has 0 spiro atoms. The van der Waals surface area contributed by atoms with E-state index in [4.69, 9.17) is 24.2 Å². The van der Waals surface area contributed by atoms with E-state index in [2.05, 4.69) is 5.32 Å². The molecule has 3 fully saturated rings. The Bertz CT molecular complexity index is 1390. The number of ether oxygens (including phenoxy) is 3. The molecule has 6 rings (SSSR count). The van der Waals surface area contributed by atoms with Crippen LogP contribution < -0.4 is 14.8 Å². The molecule has 2 N–H and O–H groups in total. The van der Waals surface area contributed by atoms with Crippen LogP contribution in [0.2, 0.25) is 0 Å². The smallest absolute Gasteiger partial charge is 0.408 e. The fraction of sp³-hybridized carbons (Fsp3) is 0.656. The number of carbonyl (C=O) groups is 3. The van der Waals surface area contributed by atoms with Gasteiger partial charge in [-0.2, -0.15) is 0 Å². The Kier molecular flexibility index (Phi) is 8.08. The molecule has 1 aromatic carbocycles. The maximum atomic E-state index is 14.3. The summed E-state index contributed by atoms with van der Waals surface area (Å²) in [5, 5.41) is 13.2. The molecule has 2 amide bonds. The van der Waals surface area contributed by atoms with Crippen LogP contribution in [0, 0.1) is 17.3 Å². The van der Waals surface area contributed by atoms with Crippen molar-refractivity contribution < 1.29 is 33.7 Å². The highest BCUT2D eigenvalue weighted by atomic mass is 16.6. The average Bonchev–Trinajstić information content (AvgIpc) is 3.39. The monoisotopic (exact) mass is 594 g/mol. The minimum Gasteiger partial charge on any atom is -0.497 e. The van der Waals surface area contributed by atoms with Crippen molar-refractivity contribution in [3.05, 3.63) is 23.9 Å². The molecule has 1 aromatic heterocycles. The number of rotatable bonds is 3. The zero-order chi connectivity index (χ0) is 30.3. The molecule has 2 aliphatic heterocycles. The third-order valence-electron chi connectivity index (χ3n) is 10.1.